The Balaban J connectivity index is 1.38. The molecule has 4 rings (SSSR count). The standard InChI is InChI=1S/C25H26Cl2N2O7/c26-17-5-4-6-18(27)20(17)36-16-9-7-15(8-10-16)13-19(25(32)33)28-23(30)21-22(35-14-34-21)24(31)29-11-2-1-3-12-29/h4-10,19,21-22H,1-3,11-14H2,(H,28,30)(H,32,33)/t19-,21+,22+/m0/s1. The number of halogens is 2. The maximum absolute atomic E-state index is 12.9. The number of aliphatic carboxylic acids is 1. The van der Waals surface area contributed by atoms with Gasteiger partial charge in [0, 0.05) is 19.5 Å². The van der Waals surface area contributed by atoms with Gasteiger partial charge in [0.1, 0.15) is 18.6 Å². The predicted molar refractivity (Wildman–Crippen MR) is 131 cm³/mol. The smallest absolute Gasteiger partial charge is 0.326 e. The Morgan fingerprint density at radius 3 is 2.28 bits per heavy atom. The molecule has 2 N–H and O–H groups in total. The van der Waals surface area contributed by atoms with Crippen LogP contribution in [-0.4, -0.2) is 65.9 Å². The van der Waals surface area contributed by atoms with Gasteiger partial charge in [-0.3, -0.25) is 9.59 Å². The Hall–Kier alpha value is -2.85. The fourth-order valence-corrected chi connectivity index (χ4v) is 4.62. The van der Waals surface area contributed by atoms with E-state index < -0.39 is 30.1 Å². The largest absolute Gasteiger partial charge is 0.480 e. The zero-order chi connectivity index (χ0) is 25.7. The first-order valence-corrected chi connectivity index (χ1v) is 12.3. The summed E-state index contributed by atoms with van der Waals surface area (Å²) >= 11 is 12.3. The van der Waals surface area contributed by atoms with Crippen molar-refractivity contribution in [3.63, 3.8) is 0 Å². The first-order valence-electron chi connectivity index (χ1n) is 11.6. The number of hydrogen-bond donors (Lipinski definition) is 2. The first-order chi connectivity index (χ1) is 17.3. The highest BCUT2D eigenvalue weighted by atomic mass is 35.5. The first kappa shape index (κ1) is 26.2. The lowest BCUT2D eigenvalue weighted by atomic mass is 10.0. The molecule has 0 aromatic heterocycles. The number of carbonyl (C=O) groups is 3. The summed E-state index contributed by atoms with van der Waals surface area (Å²) in [4.78, 5) is 39.2. The van der Waals surface area contributed by atoms with Gasteiger partial charge in [0.25, 0.3) is 11.8 Å². The molecule has 0 spiro atoms. The van der Waals surface area contributed by atoms with E-state index >= 15 is 0 Å². The minimum absolute atomic E-state index is 0.00647. The van der Waals surface area contributed by atoms with Crippen molar-refractivity contribution in [2.75, 3.05) is 19.9 Å². The summed E-state index contributed by atoms with van der Waals surface area (Å²) in [6.45, 7) is 0.997. The molecule has 2 amide bonds. The second kappa shape index (κ2) is 11.9. The van der Waals surface area contributed by atoms with E-state index in [1.807, 2.05) is 0 Å². The summed E-state index contributed by atoms with van der Waals surface area (Å²) in [5.74, 6) is -1.46. The normalized spacial score (nSPS) is 20.6. The van der Waals surface area contributed by atoms with E-state index in [1.54, 1.807) is 47.4 Å². The highest BCUT2D eigenvalue weighted by Crippen LogP contribution is 2.36. The van der Waals surface area contributed by atoms with Crippen LogP contribution in [0, 0.1) is 0 Å². The molecule has 2 aromatic carbocycles. The summed E-state index contributed by atoms with van der Waals surface area (Å²) in [5.41, 5.74) is 0.643. The quantitative estimate of drug-likeness (QED) is 0.529. The maximum atomic E-state index is 12.9. The van der Waals surface area contributed by atoms with Crippen LogP contribution in [0.3, 0.4) is 0 Å². The van der Waals surface area contributed by atoms with Crippen LogP contribution in [0.25, 0.3) is 0 Å². The zero-order valence-corrected chi connectivity index (χ0v) is 20.8. The monoisotopic (exact) mass is 536 g/mol. The third kappa shape index (κ3) is 6.28. The number of amides is 2. The van der Waals surface area contributed by atoms with Gasteiger partial charge in [-0.05, 0) is 49.1 Å². The number of carboxylic acid groups (broad SMARTS) is 1. The van der Waals surface area contributed by atoms with Crippen molar-refractivity contribution in [1.29, 1.82) is 0 Å². The van der Waals surface area contributed by atoms with Gasteiger partial charge in [0.15, 0.2) is 18.0 Å². The molecule has 3 atom stereocenters. The minimum atomic E-state index is -1.24. The van der Waals surface area contributed by atoms with Gasteiger partial charge in [0.05, 0.1) is 10.0 Å². The number of benzene rings is 2. The van der Waals surface area contributed by atoms with Crippen LogP contribution in [0.2, 0.25) is 10.0 Å². The molecule has 2 fully saturated rings. The topological polar surface area (TPSA) is 114 Å². The van der Waals surface area contributed by atoms with Crippen LogP contribution >= 0.6 is 23.2 Å². The summed E-state index contributed by atoms with van der Waals surface area (Å²) in [7, 11) is 0. The van der Waals surface area contributed by atoms with Crippen LogP contribution in [0.15, 0.2) is 42.5 Å². The number of nitrogens with zero attached hydrogens (tertiary/aromatic N) is 1. The van der Waals surface area contributed by atoms with E-state index in [0.29, 0.717) is 40.2 Å². The number of hydrogen-bond acceptors (Lipinski definition) is 6. The molecule has 0 aliphatic carbocycles. The molecule has 36 heavy (non-hydrogen) atoms. The van der Waals surface area contributed by atoms with Crippen molar-refractivity contribution >= 4 is 41.0 Å². The van der Waals surface area contributed by atoms with E-state index in [0.717, 1.165) is 19.3 Å². The van der Waals surface area contributed by atoms with Crippen molar-refractivity contribution < 1.29 is 33.7 Å². The number of rotatable bonds is 8. The summed E-state index contributed by atoms with van der Waals surface area (Å²) < 4.78 is 16.5. The zero-order valence-electron chi connectivity index (χ0n) is 19.3. The lowest BCUT2D eigenvalue weighted by Gasteiger charge is -2.29. The Morgan fingerprint density at radius 2 is 1.64 bits per heavy atom. The number of nitrogens with one attached hydrogen (secondary N) is 1. The molecular formula is C25H26Cl2N2O7. The van der Waals surface area contributed by atoms with E-state index in [-0.39, 0.29) is 19.1 Å². The number of piperidine rings is 1. The molecular weight excluding hydrogens is 511 g/mol. The Morgan fingerprint density at radius 1 is 1.00 bits per heavy atom. The minimum Gasteiger partial charge on any atom is -0.480 e. The molecule has 11 heteroatoms. The van der Waals surface area contributed by atoms with Crippen LogP contribution in [-0.2, 0) is 30.3 Å². The highest BCUT2D eigenvalue weighted by molar-refractivity contribution is 6.37. The second-order valence-electron chi connectivity index (χ2n) is 8.58. The molecule has 2 heterocycles. The Labute approximate surface area is 218 Å². The van der Waals surface area contributed by atoms with Crippen LogP contribution in [0.1, 0.15) is 24.8 Å². The van der Waals surface area contributed by atoms with E-state index in [4.69, 9.17) is 37.4 Å². The summed E-state index contributed by atoms with van der Waals surface area (Å²) in [6.07, 6.45) is 0.547. The van der Waals surface area contributed by atoms with Crippen molar-refractivity contribution in [2.45, 2.75) is 43.9 Å². The fourth-order valence-electron chi connectivity index (χ4n) is 4.15. The van der Waals surface area contributed by atoms with Gasteiger partial charge in [0.2, 0.25) is 0 Å². The molecule has 0 radical (unpaired) electrons. The fraction of sp³-hybridized carbons (Fsp3) is 0.400. The average Bonchev–Trinajstić information content (AvgIpc) is 3.37. The lowest BCUT2D eigenvalue weighted by molar-refractivity contribution is -0.147. The third-order valence-corrected chi connectivity index (χ3v) is 6.65. The number of para-hydroxylation sites is 1. The van der Waals surface area contributed by atoms with Gasteiger partial charge in [-0.1, -0.05) is 41.4 Å². The SMILES string of the molecule is O=C(O)[C@H](Cc1ccc(Oc2c(Cl)cccc2Cl)cc1)NC(=O)[C@@H]1OCO[C@H]1C(=O)N1CCCCC1. The average molecular weight is 537 g/mol. The van der Waals surface area contributed by atoms with Crippen molar-refractivity contribution in [1.82, 2.24) is 10.2 Å². The molecule has 2 aliphatic heterocycles. The maximum Gasteiger partial charge on any atom is 0.326 e. The summed E-state index contributed by atoms with van der Waals surface area (Å²) in [5, 5.41) is 12.9. The van der Waals surface area contributed by atoms with Gasteiger partial charge in [-0.2, -0.15) is 0 Å². The second-order valence-corrected chi connectivity index (χ2v) is 9.39. The van der Waals surface area contributed by atoms with Gasteiger partial charge >= 0.3 is 5.97 Å². The van der Waals surface area contributed by atoms with Crippen LogP contribution < -0.4 is 10.1 Å². The van der Waals surface area contributed by atoms with Crippen molar-refractivity contribution in [3.8, 4) is 11.5 Å². The van der Waals surface area contributed by atoms with Crippen LogP contribution in [0.4, 0.5) is 0 Å². The van der Waals surface area contributed by atoms with Gasteiger partial charge in [-0.15, -0.1) is 0 Å². The van der Waals surface area contributed by atoms with E-state index in [9.17, 15) is 19.5 Å². The van der Waals surface area contributed by atoms with E-state index in [1.165, 1.54) is 0 Å². The molecule has 192 valence electrons. The summed E-state index contributed by atoms with van der Waals surface area (Å²) in [6, 6.07) is 10.4. The number of carbonyl (C=O) groups excluding carboxylic acids is 2. The molecule has 2 saturated heterocycles. The number of carboxylic acids is 1. The number of ether oxygens (including phenoxy) is 3. The number of likely N-dealkylation sites (tertiary alicyclic amines) is 1. The molecule has 2 aromatic rings. The van der Waals surface area contributed by atoms with Crippen molar-refractivity contribution in [3.05, 3.63) is 58.1 Å². The Kier molecular flexibility index (Phi) is 8.68. The molecule has 0 saturated carbocycles. The van der Waals surface area contributed by atoms with E-state index in [2.05, 4.69) is 5.32 Å². The highest BCUT2D eigenvalue weighted by Gasteiger charge is 2.43. The lowest BCUT2D eigenvalue weighted by Crippen LogP contribution is -2.53. The van der Waals surface area contributed by atoms with Crippen LogP contribution in [0.5, 0.6) is 11.5 Å². The van der Waals surface area contributed by atoms with Gasteiger partial charge < -0.3 is 29.5 Å². The predicted octanol–water partition coefficient (Wildman–Crippen LogP) is 3.65. The molecule has 9 nitrogen and oxygen atoms in total. The molecule has 2 aliphatic rings. The Bertz CT molecular complexity index is 1090. The van der Waals surface area contributed by atoms with Gasteiger partial charge in [-0.25, -0.2) is 4.79 Å². The van der Waals surface area contributed by atoms with Crippen molar-refractivity contribution in [2.24, 2.45) is 0 Å². The molecule has 0 unspecified atom stereocenters. The third-order valence-electron chi connectivity index (χ3n) is 6.06. The molecule has 0 bridgehead atoms.